The fourth-order valence-electron chi connectivity index (χ4n) is 4.28. The van der Waals surface area contributed by atoms with E-state index in [2.05, 4.69) is 0 Å². The van der Waals surface area contributed by atoms with E-state index in [1.54, 1.807) is 23.1 Å². The highest BCUT2D eigenvalue weighted by Crippen LogP contribution is 2.35. The summed E-state index contributed by atoms with van der Waals surface area (Å²) in [5.41, 5.74) is 1.38. The minimum atomic E-state index is 0.116. The number of rotatable bonds is 5. The van der Waals surface area contributed by atoms with Crippen LogP contribution in [0.25, 0.3) is 10.2 Å². The number of thioether (sulfide) groups is 1. The van der Waals surface area contributed by atoms with Gasteiger partial charge < -0.3 is 14.2 Å². The maximum absolute atomic E-state index is 13.5. The summed E-state index contributed by atoms with van der Waals surface area (Å²) in [5.74, 6) is 0.790. The normalized spacial score (nSPS) is 25.3. The lowest BCUT2D eigenvalue weighted by atomic mass is 9.97. The van der Waals surface area contributed by atoms with Crippen molar-refractivity contribution < 1.29 is 14.2 Å². The molecule has 2 fully saturated rings. The van der Waals surface area contributed by atoms with Crippen LogP contribution in [0.1, 0.15) is 42.5 Å². The molecule has 0 radical (unpaired) electrons. The Labute approximate surface area is 172 Å². The molecular formula is C20H26N2O4S2. The molecule has 0 N–H and O–H groups in total. The van der Waals surface area contributed by atoms with Crippen molar-refractivity contribution in [3.05, 3.63) is 20.8 Å². The highest BCUT2D eigenvalue weighted by Gasteiger charge is 2.25. The number of hydrogen-bond acceptors (Lipinski definition) is 7. The van der Waals surface area contributed by atoms with Gasteiger partial charge in [0, 0.05) is 17.2 Å². The molecule has 5 rings (SSSR count). The van der Waals surface area contributed by atoms with Crippen molar-refractivity contribution in [3.63, 3.8) is 0 Å². The van der Waals surface area contributed by atoms with Crippen LogP contribution >= 0.6 is 23.1 Å². The molecule has 1 aliphatic carbocycles. The second-order valence-electron chi connectivity index (χ2n) is 7.75. The van der Waals surface area contributed by atoms with Crippen molar-refractivity contribution >= 4 is 33.3 Å². The zero-order valence-electron chi connectivity index (χ0n) is 16.0. The topological polar surface area (TPSA) is 62.6 Å². The molecule has 8 heteroatoms. The third-order valence-electron chi connectivity index (χ3n) is 5.82. The molecule has 0 saturated carbocycles. The molecule has 0 bridgehead atoms. The minimum absolute atomic E-state index is 0.116. The molecule has 0 aromatic carbocycles. The van der Waals surface area contributed by atoms with Gasteiger partial charge in [0.15, 0.2) is 5.16 Å². The predicted molar refractivity (Wildman–Crippen MR) is 111 cm³/mol. The molecule has 2 saturated heterocycles. The van der Waals surface area contributed by atoms with Crippen LogP contribution in [-0.4, -0.2) is 47.5 Å². The van der Waals surface area contributed by atoms with E-state index in [1.807, 2.05) is 4.57 Å². The van der Waals surface area contributed by atoms with Gasteiger partial charge in [-0.05, 0) is 50.5 Å². The predicted octanol–water partition coefficient (Wildman–Crippen LogP) is 3.37. The molecule has 4 heterocycles. The van der Waals surface area contributed by atoms with Crippen LogP contribution < -0.4 is 5.56 Å². The average molecular weight is 423 g/mol. The first-order valence-corrected chi connectivity index (χ1v) is 12.1. The fourth-order valence-corrected chi connectivity index (χ4v) is 6.66. The third-order valence-corrected chi connectivity index (χ3v) is 8.11. The Morgan fingerprint density at radius 1 is 1.11 bits per heavy atom. The van der Waals surface area contributed by atoms with E-state index in [0.29, 0.717) is 13.3 Å². The molecule has 2 atom stereocenters. The van der Waals surface area contributed by atoms with Gasteiger partial charge in [-0.25, -0.2) is 4.98 Å². The highest BCUT2D eigenvalue weighted by molar-refractivity contribution is 7.99. The molecule has 0 unspecified atom stereocenters. The third kappa shape index (κ3) is 3.77. The van der Waals surface area contributed by atoms with Gasteiger partial charge in [-0.2, -0.15) is 0 Å². The molecule has 0 spiro atoms. The molecular weight excluding hydrogens is 396 g/mol. The van der Waals surface area contributed by atoms with E-state index < -0.39 is 0 Å². The van der Waals surface area contributed by atoms with E-state index in [1.165, 1.54) is 23.3 Å². The van der Waals surface area contributed by atoms with Crippen LogP contribution in [0.3, 0.4) is 0 Å². The summed E-state index contributed by atoms with van der Waals surface area (Å²) in [6, 6.07) is 0. The summed E-state index contributed by atoms with van der Waals surface area (Å²) >= 11 is 3.35. The quantitative estimate of drug-likeness (QED) is 0.544. The van der Waals surface area contributed by atoms with Gasteiger partial charge in [0.25, 0.3) is 5.56 Å². The fraction of sp³-hybridized carbons (Fsp3) is 0.700. The number of ether oxygens (including phenoxy) is 3. The minimum Gasteiger partial charge on any atom is -0.376 e. The van der Waals surface area contributed by atoms with E-state index in [0.717, 1.165) is 66.4 Å². The zero-order chi connectivity index (χ0) is 18.9. The zero-order valence-corrected chi connectivity index (χ0v) is 17.6. The van der Waals surface area contributed by atoms with Gasteiger partial charge in [-0.1, -0.05) is 11.8 Å². The Morgan fingerprint density at radius 3 is 2.86 bits per heavy atom. The monoisotopic (exact) mass is 422 g/mol. The van der Waals surface area contributed by atoms with Crippen LogP contribution in [0.4, 0.5) is 0 Å². The van der Waals surface area contributed by atoms with Crippen LogP contribution in [0.15, 0.2) is 9.95 Å². The first-order chi connectivity index (χ1) is 13.8. The smallest absolute Gasteiger partial charge is 0.263 e. The van der Waals surface area contributed by atoms with Crippen molar-refractivity contribution in [1.82, 2.24) is 9.55 Å². The lowest BCUT2D eigenvalue weighted by Gasteiger charge is -2.23. The Balaban J connectivity index is 1.50. The van der Waals surface area contributed by atoms with E-state index >= 15 is 0 Å². The second-order valence-corrected chi connectivity index (χ2v) is 9.82. The number of hydrogen-bond donors (Lipinski definition) is 0. The SMILES string of the molecule is O=c1c2c3c(sc2nc(SC[C@H]2CCOCO2)n1C[C@H]1CCCO1)CCCC3. The molecule has 2 aromatic heterocycles. The first kappa shape index (κ1) is 19.1. The highest BCUT2D eigenvalue weighted by atomic mass is 32.2. The lowest BCUT2D eigenvalue weighted by molar-refractivity contribution is -0.130. The van der Waals surface area contributed by atoms with Crippen molar-refractivity contribution in [1.29, 1.82) is 0 Å². The van der Waals surface area contributed by atoms with Crippen LogP contribution in [-0.2, 0) is 33.6 Å². The van der Waals surface area contributed by atoms with Crippen LogP contribution in [0.5, 0.6) is 0 Å². The number of nitrogens with zero attached hydrogens (tertiary/aromatic N) is 2. The lowest BCUT2D eigenvalue weighted by Crippen LogP contribution is -2.30. The van der Waals surface area contributed by atoms with Gasteiger partial charge in [-0.3, -0.25) is 9.36 Å². The standard InChI is InChI=1S/C20H26N2O4S2/c23-19-17-15-5-1-2-6-16(15)28-18(17)21-20(22(19)10-13-4-3-8-25-13)27-11-14-7-9-24-12-26-14/h13-14H,1-12H2/t13-,14-/m1/s1. The maximum Gasteiger partial charge on any atom is 0.263 e. The van der Waals surface area contributed by atoms with Crippen molar-refractivity contribution in [2.24, 2.45) is 0 Å². The average Bonchev–Trinajstić information content (AvgIpc) is 3.37. The van der Waals surface area contributed by atoms with Gasteiger partial charge in [0.2, 0.25) is 0 Å². The Morgan fingerprint density at radius 2 is 2.04 bits per heavy atom. The van der Waals surface area contributed by atoms with E-state index in [9.17, 15) is 4.79 Å². The second kappa shape index (κ2) is 8.44. The molecule has 2 aromatic rings. The molecule has 28 heavy (non-hydrogen) atoms. The number of aryl methyl sites for hydroxylation is 2. The summed E-state index contributed by atoms with van der Waals surface area (Å²) < 4.78 is 18.7. The molecule has 6 nitrogen and oxygen atoms in total. The van der Waals surface area contributed by atoms with Gasteiger partial charge >= 0.3 is 0 Å². The summed E-state index contributed by atoms with van der Waals surface area (Å²) in [4.78, 5) is 20.8. The number of aromatic nitrogens is 2. The van der Waals surface area contributed by atoms with Crippen molar-refractivity contribution in [2.45, 2.75) is 68.9 Å². The molecule has 0 amide bonds. The summed E-state index contributed by atoms with van der Waals surface area (Å²) in [6.45, 7) is 2.49. The van der Waals surface area contributed by atoms with E-state index in [4.69, 9.17) is 19.2 Å². The van der Waals surface area contributed by atoms with Gasteiger partial charge in [0.05, 0.1) is 30.7 Å². The summed E-state index contributed by atoms with van der Waals surface area (Å²) in [7, 11) is 0. The summed E-state index contributed by atoms with van der Waals surface area (Å²) in [6.07, 6.45) is 7.71. The van der Waals surface area contributed by atoms with Crippen molar-refractivity contribution in [3.8, 4) is 0 Å². The van der Waals surface area contributed by atoms with Gasteiger partial charge in [-0.15, -0.1) is 11.3 Å². The molecule has 152 valence electrons. The van der Waals surface area contributed by atoms with E-state index in [-0.39, 0.29) is 17.8 Å². The molecule has 2 aliphatic heterocycles. The van der Waals surface area contributed by atoms with Crippen LogP contribution in [0, 0.1) is 0 Å². The largest absolute Gasteiger partial charge is 0.376 e. The van der Waals surface area contributed by atoms with Crippen LogP contribution in [0.2, 0.25) is 0 Å². The first-order valence-electron chi connectivity index (χ1n) is 10.3. The molecule has 3 aliphatic rings. The Bertz CT molecular complexity index is 898. The van der Waals surface area contributed by atoms with Crippen molar-refractivity contribution in [2.75, 3.05) is 25.8 Å². The number of thiophene rings is 1. The Hall–Kier alpha value is -0.930. The summed E-state index contributed by atoms with van der Waals surface area (Å²) in [5, 5.41) is 1.67. The van der Waals surface area contributed by atoms with Gasteiger partial charge in [0.1, 0.15) is 11.6 Å². The Kier molecular flexibility index (Phi) is 5.74. The maximum atomic E-state index is 13.5. The number of fused-ring (bicyclic) bond motifs is 3.